The van der Waals surface area contributed by atoms with E-state index in [-0.39, 0.29) is 5.54 Å². The van der Waals surface area contributed by atoms with E-state index in [0.717, 1.165) is 31.9 Å². The molecule has 0 unspecified atom stereocenters. The number of aromatic nitrogens is 1. The highest BCUT2D eigenvalue weighted by Crippen LogP contribution is 2.16. The predicted molar refractivity (Wildman–Crippen MR) is 80.6 cm³/mol. The summed E-state index contributed by atoms with van der Waals surface area (Å²) >= 11 is 0. The molecule has 0 radical (unpaired) electrons. The van der Waals surface area contributed by atoms with Crippen LogP contribution in [0.5, 0.6) is 0 Å². The molecule has 0 aliphatic carbocycles. The molecule has 1 aromatic heterocycles. The van der Waals surface area contributed by atoms with Crippen molar-refractivity contribution in [1.82, 2.24) is 10.3 Å². The van der Waals surface area contributed by atoms with Gasteiger partial charge in [-0.15, -0.1) is 0 Å². The highest BCUT2D eigenvalue weighted by molar-refractivity contribution is 5.45. The van der Waals surface area contributed by atoms with Crippen molar-refractivity contribution in [3.8, 4) is 0 Å². The maximum atomic E-state index is 5.09. The Morgan fingerprint density at radius 3 is 2.74 bits per heavy atom. The van der Waals surface area contributed by atoms with Crippen molar-refractivity contribution in [3.63, 3.8) is 0 Å². The van der Waals surface area contributed by atoms with Gasteiger partial charge in [0.05, 0.1) is 0 Å². The normalized spacial score (nSPS) is 11.6. The molecule has 0 spiro atoms. The molecule has 0 atom stereocenters. The van der Waals surface area contributed by atoms with Crippen LogP contribution in [0.1, 0.15) is 32.8 Å². The number of nitrogens with zero attached hydrogens (tertiary/aromatic N) is 2. The fourth-order valence-corrected chi connectivity index (χ4v) is 1.82. The number of anilines is 1. The van der Waals surface area contributed by atoms with Gasteiger partial charge in [-0.1, -0.05) is 6.07 Å². The molecule has 0 aromatic carbocycles. The van der Waals surface area contributed by atoms with E-state index in [9.17, 15) is 0 Å². The monoisotopic (exact) mass is 265 g/mol. The lowest BCUT2D eigenvalue weighted by Gasteiger charge is -2.24. The van der Waals surface area contributed by atoms with Crippen LogP contribution in [0.25, 0.3) is 0 Å². The van der Waals surface area contributed by atoms with E-state index in [1.54, 1.807) is 7.11 Å². The predicted octanol–water partition coefficient (Wildman–Crippen LogP) is 2.44. The standard InChI is InChI=1S/C15H27N3O/c1-15(2,3)17-12-13-8-6-9-16-14(13)18(4)10-7-11-19-5/h6,8-9,17H,7,10-12H2,1-5H3. The van der Waals surface area contributed by atoms with E-state index in [1.165, 1.54) is 5.56 Å². The molecule has 0 bridgehead atoms. The number of nitrogens with one attached hydrogen (secondary N) is 1. The van der Waals surface area contributed by atoms with Gasteiger partial charge in [0.2, 0.25) is 0 Å². The van der Waals surface area contributed by atoms with Gasteiger partial charge in [0.15, 0.2) is 0 Å². The zero-order chi connectivity index (χ0) is 14.3. The van der Waals surface area contributed by atoms with Crippen LogP contribution in [-0.2, 0) is 11.3 Å². The SMILES string of the molecule is COCCCN(C)c1ncccc1CNC(C)(C)C. The lowest BCUT2D eigenvalue weighted by Crippen LogP contribution is -2.35. The van der Waals surface area contributed by atoms with E-state index >= 15 is 0 Å². The molecule has 0 saturated heterocycles. The lowest BCUT2D eigenvalue weighted by atomic mass is 10.1. The first kappa shape index (κ1) is 15.9. The second-order valence-electron chi connectivity index (χ2n) is 5.86. The summed E-state index contributed by atoms with van der Waals surface area (Å²) < 4.78 is 5.09. The Kier molecular flexibility index (Phi) is 6.25. The molecule has 1 rings (SSSR count). The summed E-state index contributed by atoms with van der Waals surface area (Å²) in [6.07, 6.45) is 2.86. The molecule has 0 saturated carbocycles. The van der Waals surface area contributed by atoms with Gasteiger partial charge in [0.25, 0.3) is 0 Å². The van der Waals surface area contributed by atoms with Crippen LogP contribution < -0.4 is 10.2 Å². The van der Waals surface area contributed by atoms with Gasteiger partial charge in [-0.25, -0.2) is 4.98 Å². The van der Waals surface area contributed by atoms with Crippen LogP contribution in [0.2, 0.25) is 0 Å². The number of pyridine rings is 1. The second-order valence-corrected chi connectivity index (χ2v) is 5.86. The van der Waals surface area contributed by atoms with Gasteiger partial charge in [0.1, 0.15) is 5.82 Å². The van der Waals surface area contributed by atoms with Crippen LogP contribution in [-0.4, -0.2) is 37.8 Å². The van der Waals surface area contributed by atoms with Gasteiger partial charge in [-0.3, -0.25) is 0 Å². The molecular weight excluding hydrogens is 238 g/mol. The third-order valence-electron chi connectivity index (χ3n) is 2.88. The molecule has 1 heterocycles. The zero-order valence-corrected chi connectivity index (χ0v) is 12.9. The first-order chi connectivity index (χ1) is 8.94. The topological polar surface area (TPSA) is 37.4 Å². The van der Waals surface area contributed by atoms with E-state index in [1.807, 2.05) is 12.3 Å². The molecule has 0 fully saturated rings. The van der Waals surface area contributed by atoms with Crippen LogP contribution in [0.4, 0.5) is 5.82 Å². The molecule has 0 aliphatic heterocycles. The Morgan fingerprint density at radius 1 is 1.37 bits per heavy atom. The third-order valence-corrected chi connectivity index (χ3v) is 2.88. The smallest absolute Gasteiger partial charge is 0.132 e. The molecule has 0 amide bonds. The minimum atomic E-state index is 0.113. The first-order valence-electron chi connectivity index (χ1n) is 6.83. The number of ether oxygens (including phenoxy) is 1. The Morgan fingerprint density at radius 2 is 2.11 bits per heavy atom. The molecular formula is C15H27N3O. The van der Waals surface area contributed by atoms with Crippen LogP contribution >= 0.6 is 0 Å². The number of methoxy groups -OCH3 is 1. The molecule has 108 valence electrons. The summed E-state index contributed by atoms with van der Waals surface area (Å²) in [6, 6.07) is 4.13. The van der Waals surface area contributed by atoms with Gasteiger partial charge >= 0.3 is 0 Å². The summed E-state index contributed by atoms with van der Waals surface area (Å²) in [7, 11) is 3.82. The summed E-state index contributed by atoms with van der Waals surface area (Å²) in [5.74, 6) is 1.05. The number of hydrogen-bond donors (Lipinski definition) is 1. The molecule has 19 heavy (non-hydrogen) atoms. The lowest BCUT2D eigenvalue weighted by molar-refractivity contribution is 0.196. The Labute approximate surface area is 117 Å². The summed E-state index contributed by atoms with van der Waals surface area (Å²) in [5.41, 5.74) is 1.35. The van der Waals surface area contributed by atoms with Crippen molar-refractivity contribution in [2.75, 3.05) is 32.2 Å². The second kappa shape index (κ2) is 7.46. The van der Waals surface area contributed by atoms with Crippen molar-refractivity contribution >= 4 is 5.82 Å². The van der Waals surface area contributed by atoms with Crippen molar-refractivity contribution in [1.29, 1.82) is 0 Å². The van der Waals surface area contributed by atoms with Gasteiger partial charge in [0, 0.05) is 51.2 Å². The molecule has 0 aliphatic rings. The van der Waals surface area contributed by atoms with E-state index in [4.69, 9.17) is 4.74 Å². The van der Waals surface area contributed by atoms with Crippen LogP contribution in [0.15, 0.2) is 18.3 Å². The Bertz CT molecular complexity index is 374. The highest BCUT2D eigenvalue weighted by atomic mass is 16.5. The summed E-state index contributed by atoms with van der Waals surface area (Å²) in [4.78, 5) is 6.70. The average Bonchev–Trinajstić information content (AvgIpc) is 2.36. The van der Waals surface area contributed by atoms with Crippen LogP contribution in [0.3, 0.4) is 0 Å². The molecule has 1 N–H and O–H groups in total. The van der Waals surface area contributed by atoms with E-state index < -0.39 is 0 Å². The summed E-state index contributed by atoms with van der Waals surface area (Å²) in [6.45, 7) is 9.09. The fourth-order valence-electron chi connectivity index (χ4n) is 1.82. The average molecular weight is 265 g/mol. The quantitative estimate of drug-likeness (QED) is 0.768. The third kappa shape index (κ3) is 6.03. The maximum Gasteiger partial charge on any atom is 0.132 e. The van der Waals surface area contributed by atoms with E-state index in [2.05, 4.69) is 49.1 Å². The minimum Gasteiger partial charge on any atom is -0.385 e. The fraction of sp³-hybridized carbons (Fsp3) is 0.667. The molecule has 4 heteroatoms. The minimum absolute atomic E-state index is 0.113. The Balaban J connectivity index is 2.66. The number of hydrogen-bond acceptors (Lipinski definition) is 4. The van der Waals surface area contributed by atoms with Crippen molar-refractivity contribution < 1.29 is 4.74 Å². The Hall–Kier alpha value is -1.13. The molecule has 1 aromatic rings. The number of rotatable bonds is 7. The van der Waals surface area contributed by atoms with Crippen molar-refractivity contribution in [2.24, 2.45) is 0 Å². The maximum absolute atomic E-state index is 5.09. The van der Waals surface area contributed by atoms with E-state index in [0.29, 0.717) is 0 Å². The van der Waals surface area contributed by atoms with Gasteiger partial charge < -0.3 is 15.0 Å². The zero-order valence-electron chi connectivity index (χ0n) is 12.9. The first-order valence-corrected chi connectivity index (χ1v) is 6.83. The van der Waals surface area contributed by atoms with Crippen molar-refractivity contribution in [2.45, 2.75) is 39.3 Å². The highest BCUT2D eigenvalue weighted by Gasteiger charge is 2.12. The van der Waals surface area contributed by atoms with Crippen LogP contribution in [0, 0.1) is 0 Å². The molecule has 4 nitrogen and oxygen atoms in total. The van der Waals surface area contributed by atoms with Gasteiger partial charge in [-0.2, -0.15) is 0 Å². The summed E-state index contributed by atoms with van der Waals surface area (Å²) in [5, 5.41) is 3.51. The largest absolute Gasteiger partial charge is 0.385 e. The van der Waals surface area contributed by atoms with Crippen molar-refractivity contribution in [3.05, 3.63) is 23.9 Å². The van der Waals surface area contributed by atoms with Gasteiger partial charge in [-0.05, 0) is 33.3 Å².